The summed E-state index contributed by atoms with van der Waals surface area (Å²) in [7, 11) is 5.28. The molecule has 3 aromatic rings. The van der Waals surface area contributed by atoms with Crippen molar-refractivity contribution in [2.24, 2.45) is 0 Å². The van der Waals surface area contributed by atoms with Crippen LogP contribution in [0.15, 0.2) is 72.8 Å². The van der Waals surface area contributed by atoms with Gasteiger partial charge in [-0.15, -0.1) is 0 Å². The van der Waals surface area contributed by atoms with Gasteiger partial charge in [-0.2, -0.15) is 0 Å². The highest BCUT2D eigenvalue weighted by Crippen LogP contribution is 2.30. The minimum absolute atomic E-state index is 0.0515. The molecular formula is C25H29N2O3+. The monoisotopic (exact) mass is 405 g/mol. The van der Waals surface area contributed by atoms with Crippen molar-refractivity contribution in [3.8, 4) is 11.5 Å². The molecule has 1 amide bonds. The summed E-state index contributed by atoms with van der Waals surface area (Å²) in [6, 6.07) is 23.1. The average Bonchev–Trinajstić information content (AvgIpc) is 2.76. The Morgan fingerprint density at radius 3 is 2.27 bits per heavy atom. The zero-order valence-corrected chi connectivity index (χ0v) is 17.9. The minimum atomic E-state index is -0.386. The fraction of sp³-hybridized carbons (Fsp3) is 0.240. The van der Waals surface area contributed by atoms with Crippen LogP contribution in [0, 0.1) is 6.92 Å². The molecule has 3 aromatic carbocycles. The second-order valence-corrected chi connectivity index (χ2v) is 7.37. The molecule has 156 valence electrons. The van der Waals surface area contributed by atoms with Crippen molar-refractivity contribution in [3.63, 3.8) is 0 Å². The number of rotatable bonds is 8. The van der Waals surface area contributed by atoms with E-state index in [0.717, 1.165) is 27.3 Å². The maximum Gasteiger partial charge on any atom is 0.287 e. The summed E-state index contributed by atoms with van der Waals surface area (Å²) in [4.78, 5) is 14.3. The Kier molecular flexibility index (Phi) is 7.09. The van der Waals surface area contributed by atoms with Gasteiger partial charge in [0.15, 0.2) is 17.5 Å². The van der Waals surface area contributed by atoms with Gasteiger partial charge in [0.2, 0.25) is 0 Å². The van der Waals surface area contributed by atoms with Crippen molar-refractivity contribution < 1.29 is 19.2 Å². The van der Waals surface area contributed by atoms with Crippen LogP contribution in [0.2, 0.25) is 0 Å². The molecule has 0 aromatic heterocycles. The van der Waals surface area contributed by atoms with Crippen LogP contribution in [0.5, 0.6) is 11.5 Å². The Bertz CT molecular complexity index is 971. The maximum atomic E-state index is 13.3. The van der Waals surface area contributed by atoms with Gasteiger partial charge >= 0.3 is 0 Å². The van der Waals surface area contributed by atoms with Crippen LogP contribution in [-0.2, 0) is 11.3 Å². The van der Waals surface area contributed by atoms with Crippen molar-refractivity contribution in [2.45, 2.75) is 19.5 Å². The van der Waals surface area contributed by atoms with Gasteiger partial charge in [-0.05, 0) is 31.2 Å². The highest BCUT2D eigenvalue weighted by molar-refractivity contribution is 5.94. The summed E-state index contributed by atoms with van der Waals surface area (Å²) >= 11 is 0. The van der Waals surface area contributed by atoms with Gasteiger partial charge < -0.3 is 19.7 Å². The lowest BCUT2D eigenvalue weighted by atomic mass is 10.0. The zero-order chi connectivity index (χ0) is 21.5. The summed E-state index contributed by atoms with van der Waals surface area (Å²) < 4.78 is 11.0. The van der Waals surface area contributed by atoms with Crippen LogP contribution < -0.4 is 19.7 Å². The number of methoxy groups -OCH3 is 2. The Labute approximate surface area is 178 Å². The van der Waals surface area contributed by atoms with Gasteiger partial charge in [0.25, 0.3) is 5.91 Å². The molecule has 5 heteroatoms. The SMILES string of the molecule is COc1cccc(C[NH+](C)[C@H](C(=O)Nc2ccc(C)cc2)c2ccccc2)c1OC. The molecule has 0 aliphatic carbocycles. The first-order chi connectivity index (χ1) is 14.5. The number of carbonyl (C=O) groups excluding carboxylic acids is 1. The number of benzene rings is 3. The van der Waals surface area contributed by atoms with E-state index in [-0.39, 0.29) is 11.9 Å². The van der Waals surface area contributed by atoms with E-state index in [4.69, 9.17) is 9.47 Å². The maximum absolute atomic E-state index is 13.3. The van der Waals surface area contributed by atoms with E-state index in [2.05, 4.69) is 5.32 Å². The first kappa shape index (κ1) is 21.4. The molecule has 0 aliphatic heterocycles. The predicted octanol–water partition coefficient (Wildman–Crippen LogP) is 3.41. The van der Waals surface area contributed by atoms with Crippen molar-refractivity contribution in [3.05, 3.63) is 89.5 Å². The topological polar surface area (TPSA) is 52.0 Å². The van der Waals surface area contributed by atoms with E-state index >= 15 is 0 Å². The second-order valence-electron chi connectivity index (χ2n) is 7.37. The largest absolute Gasteiger partial charge is 0.493 e. The molecule has 3 rings (SSSR count). The lowest BCUT2D eigenvalue weighted by Gasteiger charge is -2.25. The number of ether oxygens (including phenoxy) is 2. The van der Waals surface area contributed by atoms with Gasteiger partial charge in [0.1, 0.15) is 6.54 Å². The summed E-state index contributed by atoms with van der Waals surface area (Å²) in [5.74, 6) is 1.33. The third-order valence-electron chi connectivity index (χ3n) is 5.16. The number of hydrogen-bond donors (Lipinski definition) is 2. The number of hydrogen-bond acceptors (Lipinski definition) is 3. The van der Waals surface area contributed by atoms with Crippen LogP contribution in [0.25, 0.3) is 0 Å². The Morgan fingerprint density at radius 1 is 0.933 bits per heavy atom. The molecule has 0 saturated carbocycles. The molecule has 0 heterocycles. The number of para-hydroxylation sites is 1. The molecule has 0 radical (unpaired) electrons. The van der Waals surface area contributed by atoms with E-state index in [1.54, 1.807) is 14.2 Å². The third kappa shape index (κ3) is 4.99. The van der Waals surface area contributed by atoms with E-state index in [1.807, 2.05) is 86.8 Å². The number of carbonyl (C=O) groups is 1. The van der Waals surface area contributed by atoms with Crippen molar-refractivity contribution >= 4 is 11.6 Å². The number of anilines is 1. The quantitative estimate of drug-likeness (QED) is 0.604. The molecule has 0 bridgehead atoms. The number of quaternary nitrogens is 1. The lowest BCUT2D eigenvalue weighted by molar-refractivity contribution is -0.915. The van der Waals surface area contributed by atoms with Gasteiger partial charge in [-0.3, -0.25) is 4.79 Å². The van der Waals surface area contributed by atoms with Gasteiger partial charge in [-0.1, -0.05) is 54.1 Å². The first-order valence-electron chi connectivity index (χ1n) is 9.98. The van der Waals surface area contributed by atoms with Crippen molar-refractivity contribution in [2.75, 3.05) is 26.6 Å². The number of aryl methyl sites for hydroxylation is 1. The smallest absolute Gasteiger partial charge is 0.287 e. The van der Waals surface area contributed by atoms with Gasteiger partial charge in [0, 0.05) is 11.3 Å². The fourth-order valence-electron chi connectivity index (χ4n) is 3.65. The van der Waals surface area contributed by atoms with Crippen LogP contribution >= 0.6 is 0 Å². The molecule has 1 unspecified atom stereocenters. The normalized spacial score (nSPS) is 12.7. The summed E-state index contributed by atoms with van der Waals surface area (Å²) in [5.41, 5.74) is 3.89. The van der Waals surface area contributed by atoms with Crippen molar-refractivity contribution in [1.29, 1.82) is 0 Å². The molecular weight excluding hydrogens is 376 g/mol. The Balaban J connectivity index is 1.89. The van der Waals surface area contributed by atoms with E-state index in [1.165, 1.54) is 0 Å². The highest BCUT2D eigenvalue weighted by atomic mass is 16.5. The summed E-state index contributed by atoms with van der Waals surface area (Å²) in [6.07, 6.45) is 0. The average molecular weight is 406 g/mol. The van der Waals surface area contributed by atoms with Crippen molar-refractivity contribution in [1.82, 2.24) is 0 Å². The van der Waals surface area contributed by atoms with E-state index in [0.29, 0.717) is 18.0 Å². The van der Waals surface area contributed by atoms with Gasteiger partial charge in [0.05, 0.1) is 26.8 Å². The molecule has 30 heavy (non-hydrogen) atoms. The molecule has 2 atom stereocenters. The zero-order valence-electron chi connectivity index (χ0n) is 17.9. The molecule has 0 aliphatic rings. The van der Waals surface area contributed by atoms with Gasteiger partial charge in [-0.25, -0.2) is 0 Å². The lowest BCUT2D eigenvalue weighted by Crippen LogP contribution is -3.09. The summed E-state index contributed by atoms with van der Waals surface area (Å²) in [6.45, 7) is 2.62. The Morgan fingerprint density at radius 2 is 1.63 bits per heavy atom. The standard InChI is InChI=1S/C25H28N2O3/c1-18-13-15-21(16-14-18)26-25(28)23(19-9-6-5-7-10-19)27(2)17-20-11-8-12-22(29-3)24(20)30-4/h5-16,23H,17H2,1-4H3,(H,26,28)/p+1/t23-/m0/s1. The number of likely N-dealkylation sites (N-methyl/N-ethyl adjacent to an activating group) is 1. The number of nitrogens with one attached hydrogen (secondary N) is 2. The number of amides is 1. The Hall–Kier alpha value is -3.31. The van der Waals surface area contributed by atoms with Crippen LogP contribution in [0.4, 0.5) is 5.69 Å². The third-order valence-corrected chi connectivity index (χ3v) is 5.16. The molecule has 2 N–H and O–H groups in total. The minimum Gasteiger partial charge on any atom is -0.493 e. The fourth-order valence-corrected chi connectivity index (χ4v) is 3.65. The predicted molar refractivity (Wildman–Crippen MR) is 119 cm³/mol. The van der Waals surface area contributed by atoms with E-state index in [9.17, 15) is 4.79 Å². The molecule has 0 spiro atoms. The second kappa shape index (κ2) is 9.94. The molecule has 0 fully saturated rings. The highest BCUT2D eigenvalue weighted by Gasteiger charge is 2.30. The molecule has 5 nitrogen and oxygen atoms in total. The van der Waals surface area contributed by atoms with E-state index < -0.39 is 0 Å². The van der Waals surface area contributed by atoms with Crippen LogP contribution in [-0.4, -0.2) is 27.2 Å². The summed E-state index contributed by atoms with van der Waals surface area (Å²) in [5, 5.41) is 3.07. The molecule has 0 saturated heterocycles. The van der Waals surface area contributed by atoms with Crippen LogP contribution in [0.1, 0.15) is 22.7 Å². The van der Waals surface area contributed by atoms with Crippen LogP contribution in [0.3, 0.4) is 0 Å². The first-order valence-corrected chi connectivity index (χ1v) is 9.98.